The average Bonchev–Trinajstić information content (AvgIpc) is 2.71. The summed E-state index contributed by atoms with van der Waals surface area (Å²) < 4.78 is 10.4. The van der Waals surface area contributed by atoms with Gasteiger partial charge in [0.05, 0.1) is 46.3 Å². The van der Waals surface area contributed by atoms with E-state index >= 15 is 0 Å². The SMILES string of the molecule is COC(=O)c1c(C)nc(C)c(C(=O)OCCCCCCN)c1-c1cccc(Cl)c1Cl. The number of pyridine rings is 1. The van der Waals surface area contributed by atoms with E-state index < -0.39 is 11.9 Å². The molecular formula is C22H26Cl2N2O4. The number of halogens is 2. The van der Waals surface area contributed by atoms with Crippen LogP contribution in [0.25, 0.3) is 11.1 Å². The summed E-state index contributed by atoms with van der Waals surface area (Å²) in [7, 11) is 1.27. The molecule has 0 saturated heterocycles. The number of carbonyl (C=O) groups is 2. The molecule has 2 rings (SSSR count). The first kappa shape index (κ1) is 24.1. The second-order valence-electron chi connectivity index (χ2n) is 6.84. The molecule has 0 radical (unpaired) electrons. The van der Waals surface area contributed by atoms with Crippen LogP contribution in [0, 0.1) is 13.8 Å². The molecule has 0 aliphatic rings. The largest absolute Gasteiger partial charge is 0.465 e. The monoisotopic (exact) mass is 452 g/mol. The van der Waals surface area contributed by atoms with E-state index in [0.29, 0.717) is 34.1 Å². The summed E-state index contributed by atoms with van der Waals surface area (Å²) >= 11 is 12.6. The first-order chi connectivity index (χ1) is 14.3. The van der Waals surface area contributed by atoms with Crippen LogP contribution in [0.2, 0.25) is 10.0 Å². The first-order valence-corrected chi connectivity index (χ1v) is 10.5. The van der Waals surface area contributed by atoms with Crippen LogP contribution in [0.5, 0.6) is 0 Å². The Morgan fingerprint density at radius 2 is 1.63 bits per heavy atom. The van der Waals surface area contributed by atoms with Crippen molar-refractivity contribution in [2.24, 2.45) is 5.73 Å². The molecular weight excluding hydrogens is 427 g/mol. The molecule has 2 aromatic rings. The van der Waals surface area contributed by atoms with Crippen LogP contribution in [-0.2, 0) is 9.47 Å². The number of aromatic nitrogens is 1. The van der Waals surface area contributed by atoms with Gasteiger partial charge in [-0.2, -0.15) is 0 Å². The van der Waals surface area contributed by atoms with E-state index in [0.717, 1.165) is 25.7 Å². The minimum Gasteiger partial charge on any atom is -0.465 e. The molecule has 1 aromatic carbocycles. The second kappa shape index (κ2) is 11.3. The summed E-state index contributed by atoms with van der Waals surface area (Å²) in [6, 6.07) is 5.02. The maximum absolute atomic E-state index is 13.0. The van der Waals surface area contributed by atoms with Crippen LogP contribution in [0.1, 0.15) is 57.8 Å². The van der Waals surface area contributed by atoms with E-state index in [1.54, 1.807) is 32.0 Å². The molecule has 162 valence electrons. The lowest BCUT2D eigenvalue weighted by molar-refractivity contribution is 0.0497. The maximum atomic E-state index is 13.0. The lowest BCUT2D eigenvalue weighted by Crippen LogP contribution is -2.17. The maximum Gasteiger partial charge on any atom is 0.340 e. The summed E-state index contributed by atoms with van der Waals surface area (Å²) in [5.74, 6) is -1.20. The number of esters is 2. The number of aryl methyl sites for hydroxylation is 2. The van der Waals surface area contributed by atoms with E-state index in [2.05, 4.69) is 4.98 Å². The lowest BCUT2D eigenvalue weighted by Gasteiger charge is -2.18. The van der Waals surface area contributed by atoms with Gasteiger partial charge in [-0.05, 0) is 39.3 Å². The van der Waals surface area contributed by atoms with Crippen LogP contribution in [0.15, 0.2) is 18.2 Å². The summed E-state index contributed by atoms with van der Waals surface area (Å²) in [5.41, 5.74) is 7.42. The van der Waals surface area contributed by atoms with Gasteiger partial charge in [0.25, 0.3) is 0 Å². The first-order valence-electron chi connectivity index (χ1n) is 9.74. The van der Waals surface area contributed by atoms with Crippen molar-refractivity contribution in [2.75, 3.05) is 20.3 Å². The van der Waals surface area contributed by atoms with Gasteiger partial charge in [0.1, 0.15) is 0 Å². The van der Waals surface area contributed by atoms with E-state index in [1.807, 2.05) is 0 Å². The third-order valence-corrected chi connectivity index (χ3v) is 5.52. The van der Waals surface area contributed by atoms with Crippen molar-refractivity contribution in [3.05, 3.63) is 50.8 Å². The van der Waals surface area contributed by atoms with Gasteiger partial charge in [0, 0.05) is 11.1 Å². The number of unbranched alkanes of at least 4 members (excludes halogenated alkanes) is 3. The van der Waals surface area contributed by atoms with E-state index in [1.165, 1.54) is 7.11 Å². The Balaban J connectivity index is 2.53. The Kier molecular flexibility index (Phi) is 9.08. The molecule has 1 heterocycles. The lowest BCUT2D eigenvalue weighted by atomic mass is 9.92. The van der Waals surface area contributed by atoms with Crippen molar-refractivity contribution in [1.82, 2.24) is 4.98 Å². The highest BCUT2D eigenvalue weighted by atomic mass is 35.5. The molecule has 0 fully saturated rings. The topological polar surface area (TPSA) is 91.5 Å². The fourth-order valence-corrected chi connectivity index (χ4v) is 3.65. The molecule has 0 aliphatic carbocycles. The zero-order valence-corrected chi connectivity index (χ0v) is 18.9. The van der Waals surface area contributed by atoms with Gasteiger partial charge < -0.3 is 15.2 Å². The van der Waals surface area contributed by atoms with E-state index in [4.69, 9.17) is 38.4 Å². The Morgan fingerprint density at radius 1 is 1.00 bits per heavy atom. The van der Waals surface area contributed by atoms with Gasteiger partial charge >= 0.3 is 11.9 Å². The summed E-state index contributed by atoms with van der Waals surface area (Å²) in [4.78, 5) is 30.0. The zero-order chi connectivity index (χ0) is 22.3. The van der Waals surface area contributed by atoms with Crippen molar-refractivity contribution < 1.29 is 19.1 Å². The van der Waals surface area contributed by atoms with Crippen molar-refractivity contribution in [3.63, 3.8) is 0 Å². The van der Waals surface area contributed by atoms with Crippen LogP contribution in [-0.4, -0.2) is 37.2 Å². The standard InChI is InChI=1S/C22H26Cl2N2O4/c1-13-17(21(27)29-3)19(15-9-8-10-16(23)20(15)24)18(14(2)26-13)22(28)30-12-7-5-4-6-11-25/h8-10H,4-7,11-12,25H2,1-3H3. The number of hydrogen-bond acceptors (Lipinski definition) is 6. The zero-order valence-electron chi connectivity index (χ0n) is 17.4. The predicted molar refractivity (Wildman–Crippen MR) is 118 cm³/mol. The molecule has 0 saturated carbocycles. The summed E-state index contributed by atoms with van der Waals surface area (Å²) in [6.45, 7) is 4.27. The molecule has 8 heteroatoms. The Morgan fingerprint density at radius 3 is 2.27 bits per heavy atom. The summed E-state index contributed by atoms with van der Waals surface area (Å²) in [6.07, 6.45) is 3.56. The van der Waals surface area contributed by atoms with Crippen LogP contribution >= 0.6 is 23.2 Å². The molecule has 0 amide bonds. The van der Waals surface area contributed by atoms with Gasteiger partial charge in [-0.25, -0.2) is 9.59 Å². The Labute approximate surface area is 186 Å². The smallest absolute Gasteiger partial charge is 0.340 e. The average molecular weight is 453 g/mol. The minimum absolute atomic E-state index is 0.155. The second-order valence-corrected chi connectivity index (χ2v) is 7.62. The van der Waals surface area contributed by atoms with Crippen LogP contribution in [0.3, 0.4) is 0 Å². The molecule has 0 unspecified atom stereocenters. The molecule has 0 aliphatic heterocycles. The number of carbonyl (C=O) groups excluding carboxylic acids is 2. The fourth-order valence-electron chi connectivity index (χ4n) is 3.25. The Hall–Kier alpha value is -2.15. The Bertz CT molecular complexity index is 932. The van der Waals surface area contributed by atoms with E-state index in [9.17, 15) is 9.59 Å². The highest BCUT2D eigenvalue weighted by Gasteiger charge is 2.29. The third-order valence-electron chi connectivity index (χ3n) is 4.71. The highest BCUT2D eigenvalue weighted by Crippen LogP contribution is 2.39. The number of hydrogen-bond donors (Lipinski definition) is 1. The fraction of sp³-hybridized carbons (Fsp3) is 0.409. The van der Waals surface area contributed by atoms with Crippen LogP contribution in [0.4, 0.5) is 0 Å². The molecule has 30 heavy (non-hydrogen) atoms. The molecule has 1 aromatic heterocycles. The number of rotatable bonds is 9. The number of nitrogens with two attached hydrogens (primary N) is 1. The molecule has 0 spiro atoms. The van der Waals surface area contributed by atoms with Crippen molar-refractivity contribution in [1.29, 1.82) is 0 Å². The molecule has 0 atom stereocenters. The number of ether oxygens (including phenoxy) is 2. The molecule has 6 nitrogen and oxygen atoms in total. The number of nitrogens with zero attached hydrogens (tertiary/aromatic N) is 1. The van der Waals surface area contributed by atoms with Crippen molar-refractivity contribution in [3.8, 4) is 11.1 Å². The van der Waals surface area contributed by atoms with Gasteiger partial charge in [0.15, 0.2) is 0 Å². The third kappa shape index (κ3) is 5.50. The van der Waals surface area contributed by atoms with Gasteiger partial charge in [-0.1, -0.05) is 48.2 Å². The highest BCUT2D eigenvalue weighted by molar-refractivity contribution is 6.44. The van der Waals surface area contributed by atoms with Crippen molar-refractivity contribution in [2.45, 2.75) is 39.5 Å². The predicted octanol–water partition coefficient (Wildman–Crippen LogP) is 5.13. The quantitative estimate of drug-likeness (QED) is 0.418. The van der Waals surface area contributed by atoms with E-state index in [-0.39, 0.29) is 22.8 Å². The van der Waals surface area contributed by atoms with Crippen LogP contribution < -0.4 is 5.73 Å². The molecule has 2 N–H and O–H groups in total. The summed E-state index contributed by atoms with van der Waals surface area (Å²) in [5, 5.41) is 0.529. The number of methoxy groups -OCH3 is 1. The minimum atomic E-state index is -0.623. The number of benzene rings is 1. The van der Waals surface area contributed by atoms with Gasteiger partial charge in [-0.15, -0.1) is 0 Å². The van der Waals surface area contributed by atoms with Crippen molar-refractivity contribution >= 4 is 35.1 Å². The van der Waals surface area contributed by atoms with Gasteiger partial charge in [-0.3, -0.25) is 4.98 Å². The molecule has 0 bridgehead atoms. The normalized spacial score (nSPS) is 10.7. The van der Waals surface area contributed by atoms with Gasteiger partial charge in [0.2, 0.25) is 0 Å².